The summed E-state index contributed by atoms with van der Waals surface area (Å²) in [5, 5.41) is 0. The quantitative estimate of drug-likeness (QED) is 0.901. The zero-order chi connectivity index (χ0) is 13.0. The summed E-state index contributed by atoms with van der Waals surface area (Å²) in [4.78, 5) is 5.57. The zero-order valence-electron chi connectivity index (χ0n) is 11.0. The second kappa shape index (κ2) is 6.10. The fourth-order valence-electron chi connectivity index (χ4n) is 2.08. The van der Waals surface area contributed by atoms with E-state index >= 15 is 0 Å². The molecule has 1 aromatic rings. The van der Waals surface area contributed by atoms with Crippen LogP contribution in [0.4, 0.5) is 0 Å². The molecule has 1 unspecified atom stereocenters. The molecular formula is C15H20N2S. The lowest BCUT2D eigenvalue weighted by atomic mass is 9.96. The SMILES string of the molecule is CCSC1=CC(c2ccc(CC)cc2)CN=C1N. The number of benzene rings is 1. The van der Waals surface area contributed by atoms with Crippen LogP contribution in [0.1, 0.15) is 30.9 Å². The van der Waals surface area contributed by atoms with E-state index in [0.29, 0.717) is 11.8 Å². The van der Waals surface area contributed by atoms with Gasteiger partial charge in [0.2, 0.25) is 0 Å². The van der Waals surface area contributed by atoms with Crippen molar-refractivity contribution in [1.29, 1.82) is 0 Å². The first-order chi connectivity index (χ1) is 8.74. The van der Waals surface area contributed by atoms with E-state index in [9.17, 15) is 0 Å². The van der Waals surface area contributed by atoms with Crippen molar-refractivity contribution in [3.8, 4) is 0 Å². The molecule has 1 aliphatic rings. The maximum Gasteiger partial charge on any atom is 0.131 e. The number of aliphatic imine (C=N–C) groups is 1. The molecule has 2 rings (SSSR count). The molecule has 2 nitrogen and oxygen atoms in total. The van der Waals surface area contributed by atoms with Gasteiger partial charge in [0.25, 0.3) is 0 Å². The third-order valence-corrected chi connectivity index (χ3v) is 4.12. The lowest BCUT2D eigenvalue weighted by Crippen LogP contribution is -2.20. The van der Waals surface area contributed by atoms with Crippen LogP contribution < -0.4 is 5.73 Å². The van der Waals surface area contributed by atoms with Gasteiger partial charge in [-0.3, -0.25) is 4.99 Å². The molecule has 0 saturated carbocycles. The number of nitrogens with two attached hydrogens (primary N) is 1. The number of hydrogen-bond donors (Lipinski definition) is 1. The van der Waals surface area contributed by atoms with Gasteiger partial charge in [0, 0.05) is 10.8 Å². The molecule has 0 bridgehead atoms. The normalized spacial score (nSPS) is 19.3. The molecule has 1 aromatic carbocycles. The predicted octanol–water partition coefficient (Wildman–Crippen LogP) is 3.34. The molecule has 1 atom stereocenters. The van der Waals surface area contributed by atoms with Crippen LogP contribution in [0.5, 0.6) is 0 Å². The monoisotopic (exact) mass is 260 g/mol. The van der Waals surface area contributed by atoms with E-state index in [1.54, 1.807) is 11.8 Å². The minimum absolute atomic E-state index is 0.372. The lowest BCUT2D eigenvalue weighted by Gasteiger charge is -2.19. The number of hydrogen-bond acceptors (Lipinski definition) is 3. The van der Waals surface area contributed by atoms with Gasteiger partial charge < -0.3 is 5.73 Å². The van der Waals surface area contributed by atoms with Gasteiger partial charge in [0.15, 0.2) is 0 Å². The highest BCUT2D eigenvalue weighted by Crippen LogP contribution is 2.28. The first-order valence-electron chi connectivity index (χ1n) is 6.48. The largest absolute Gasteiger partial charge is 0.383 e. The highest BCUT2D eigenvalue weighted by molar-refractivity contribution is 8.03. The van der Waals surface area contributed by atoms with Crippen LogP contribution in [0, 0.1) is 0 Å². The Balaban J connectivity index is 2.18. The highest BCUT2D eigenvalue weighted by Gasteiger charge is 2.16. The lowest BCUT2D eigenvalue weighted by molar-refractivity contribution is 0.836. The van der Waals surface area contributed by atoms with E-state index in [2.05, 4.69) is 49.2 Å². The van der Waals surface area contributed by atoms with Crippen LogP contribution in [0.15, 0.2) is 40.2 Å². The van der Waals surface area contributed by atoms with Gasteiger partial charge in [0.1, 0.15) is 5.84 Å². The van der Waals surface area contributed by atoms with Crippen LogP contribution in [0.25, 0.3) is 0 Å². The summed E-state index contributed by atoms with van der Waals surface area (Å²) in [5.41, 5.74) is 8.62. The molecule has 0 amide bonds. The molecule has 1 aliphatic heterocycles. The Hall–Kier alpha value is -1.22. The standard InChI is InChI=1S/C15H20N2S/c1-3-11-5-7-12(8-6-11)13-9-14(18-4-2)15(16)17-10-13/h5-9,13H,3-4,10H2,1-2H3,(H2,16,17). The summed E-state index contributed by atoms with van der Waals surface area (Å²) in [7, 11) is 0. The van der Waals surface area contributed by atoms with Crippen LogP contribution >= 0.6 is 11.8 Å². The predicted molar refractivity (Wildman–Crippen MR) is 81.3 cm³/mol. The number of amidine groups is 1. The Bertz CT molecular complexity index is 460. The fourth-order valence-corrected chi connectivity index (χ4v) is 2.86. The van der Waals surface area contributed by atoms with E-state index in [4.69, 9.17) is 5.73 Å². The van der Waals surface area contributed by atoms with E-state index in [0.717, 1.165) is 23.6 Å². The Morgan fingerprint density at radius 2 is 2.00 bits per heavy atom. The Labute approximate surface area is 113 Å². The minimum atomic E-state index is 0.372. The number of rotatable bonds is 4. The maximum atomic E-state index is 5.91. The molecule has 0 spiro atoms. The van der Waals surface area contributed by atoms with E-state index in [1.165, 1.54) is 11.1 Å². The van der Waals surface area contributed by atoms with Gasteiger partial charge in [0.05, 0.1) is 6.54 Å². The summed E-state index contributed by atoms with van der Waals surface area (Å²) in [5.74, 6) is 2.10. The summed E-state index contributed by atoms with van der Waals surface area (Å²) in [6, 6.07) is 8.84. The van der Waals surface area contributed by atoms with E-state index in [-0.39, 0.29) is 0 Å². The summed E-state index contributed by atoms with van der Waals surface area (Å²) < 4.78 is 0. The van der Waals surface area contributed by atoms with Crippen molar-refractivity contribution in [2.45, 2.75) is 26.2 Å². The van der Waals surface area contributed by atoms with Gasteiger partial charge >= 0.3 is 0 Å². The molecule has 3 heteroatoms. The number of thioether (sulfide) groups is 1. The van der Waals surface area contributed by atoms with Crippen molar-refractivity contribution < 1.29 is 0 Å². The van der Waals surface area contributed by atoms with Crippen LogP contribution in [-0.4, -0.2) is 18.1 Å². The second-order valence-corrected chi connectivity index (χ2v) is 5.70. The number of aryl methyl sites for hydroxylation is 1. The second-order valence-electron chi connectivity index (χ2n) is 4.39. The van der Waals surface area contributed by atoms with Crippen molar-refractivity contribution in [1.82, 2.24) is 0 Å². The molecule has 0 saturated heterocycles. The molecule has 0 radical (unpaired) electrons. The van der Waals surface area contributed by atoms with Gasteiger partial charge in [-0.15, -0.1) is 11.8 Å². The molecule has 1 heterocycles. The van der Waals surface area contributed by atoms with Crippen LogP contribution in [0.3, 0.4) is 0 Å². The summed E-state index contributed by atoms with van der Waals surface area (Å²) in [6.07, 6.45) is 3.35. The average molecular weight is 260 g/mol. The summed E-state index contributed by atoms with van der Waals surface area (Å²) in [6.45, 7) is 5.08. The highest BCUT2D eigenvalue weighted by atomic mass is 32.2. The minimum Gasteiger partial charge on any atom is -0.383 e. The zero-order valence-corrected chi connectivity index (χ0v) is 11.8. The molecule has 0 aromatic heterocycles. The maximum absolute atomic E-state index is 5.91. The van der Waals surface area contributed by atoms with Crippen molar-refractivity contribution in [3.63, 3.8) is 0 Å². The van der Waals surface area contributed by atoms with E-state index < -0.39 is 0 Å². The van der Waals surface area contributed by atoms with Crippen LogP contribution in [-0.2, 0) is 6.42 Å². The van der Waals surface area contributed by atoms with Gasteiger partial charge in [-0.2, -0.15) is 0 Å². The third kappa shape index (κ3) is 2.96. The fraction of sp³-hybridized carbons (Fsp3) is 0.400. The van der Waals surface area contributed by atoms with Crippen molar-refractivity contribution in [2.75, 3.05) is 12.3 Å². The number of nitrogens with zero attached hydrogens (tertiary/aromatic N) is 1. The molecule has 96 valence electrons. The van der Waals surface area contributed by atoms with E-state index in [1.807, 2.05) is 0 Å². The number of dihydropyridines is 1. The smallest absolute Gasteiger partial charge is 0.131 e. The molecule has 0 fully saturated rings. The van der Waals surface area contributed by atoms with Gasteiger partial charge in [-0.1, -0.05) is 44.2 Å². The van der Waals surface area contributed by atoms with Gasteiger partial charge in [-0.25, -0.2) is 0 Å². The first-order valence-corrected chi connectivity index (χ1v) is 7.46. The molecular weight excluding hydrogens is 240 g/mol. The topological polar surface area (TPSA) is 38.4 Å². The van der Waals surface area contributed by atoms with Crippen LogP contribution in [0.2, 0.25) is 0 Å². The van der Waals surface area contributed by atoms with Crippen molar-refractivity contribution >= 4 is 17.6 Å². The third-order valence-electron chi connectivity index (χ3n) is 3.18. The Kier molecular flexibility index (Phi) is 4.48. The Morgan fingerprint density at radius 1 is 1.28 bits per heavy atom. The Morgan fingerprint density at radius 3 is 2.61 bits per heavy atom. The van der Waals surface area contributed by atoms with Crippen molar-refractivity contribution in [3.05, 3.63) is 46.4 Å². The first kappa shape index (κ1) is 13.2. The average Bonchev–Trinajstić information content (AvgIpc) is 2.42. The molecule has 0 aliphatic carbocycles. The van der Waals surface area contributed by atoms with Gasteiger partial charge in [-0.05, 0) is 23.3 Å². The van der Waals surface area contributed by atoms with Crippen molar-refractivity contribution in [2.24, 2.45) is 10.7 Å². The molecule has 2 N–H and O–H groups in total. The molecule has 18 heavy (non-hydrogen) atoms. The summed E-state index contributed by atoms with van der Waals surface area (Å²) >= 11 is 1.77.